The minimum absolute atomic E-state index is 0.0116. The Morgan fingerprint density at radius 3 is 2.00 bits per heavy atom. The van der Waals surface area contributed by atoms with E-state index in [2.05, 4.69) is 0 Å². The highest BCUT2D eigenvalue weighted by Gasteiger charge is 2.10. The molecule has 1 rings (SSSR count). The normalized spacial score (nSPS) is 10.1. The first-order valence-electron chi connectivity index (χ1n) is 6.55. The third-order valence-corrected chi connectivity index (χ3v) is 2.97. The molecular formula is C15H20O5. The highest BCUT2D eigenvalue weighted by Crippen LogP contribution is 2.23. The smallest absolute Gasteiger partial charge is 0.303 e. The van der Waals surface area contributed by atoms with E-state index in [1.165, 1.54) is 14.2 Å². The number of carboxylic acid groups (broad SMARTS) is 1. The van der Waals surface area contributed by atoms with Crippen molar-refractivity contribution < 1.29 is 24.2 Å². The van der Waals surface area contributed by atoms with E-state index in [-0.39, 0.29) is 12.2 Å². The maximum absolute atomic E-state index is 12.1. The van der Waals surface area contributed by atoms with Crippen LogP contribution < -0.4 is 9.47 Å². The van der Waals surface area contributed by atoms with Crippen molar-refractivity contribution >= 4 is 11.8 Å². The molecule has 1 aromatic carbocycles. The second kappa shape index (κ2) is 8.19. The van der Waals surface area contributed by atoms with Gasteiger partial charge < -0.3 is 14.6 Å². The largest absolute Gasteiger partial charge is 0.497 e. The minimum Gasteiger partial charge on any atom is -0.497 e. The number of carboxylic acids is 1. The molecule has 0 aliphatic rings. The van der Waals surface area contributed by atoms with E-state index < -0.39 is 5.97 Å². The van der Waals surface area contributed by atoms with Crippen molar-refractivity contribution in [1.82, 2.24) is 0 Å². The lowest BCUT2D eigenvalue weighted by molar-refractivity contribution is -0.137. The van der Waals surface area contributed by atoms with Gasteiger partial charge in [-0.15, -0.1) is 0 Å². The number of ether oxygens (including phenoxy) is 2. The van der Waals surface area contributed by atoms with Crippen molar-refractivity contribution in [2.45, 2.75) is 32.1 Å². The predicted molar refractivity (Wildman–Crippen MR) is 74.6 cm³/mol. The van der Waals surface area contributed by atoms with Crippen LogP contribution in [0.5, 0.6) is 11.5 Å². The third kappa shape index (κ3) is 5.30. The predicted octanol–water partition coefficient (Wildman–Crippen LogP) is 2.92. The summed E-state index contributed by atoms with van der Waals surface area (Å²) in [6.45, 7) is 0. The van der Waals surface area contributed by atoms with Crippen LogP contribution in [-0.4, -0.2) is 31.1 Å². The first kappa shape index (κ1) is 16.0. The van der Waals surface area contributed by atoms with Crippen LogP contribution in [-0.2, 0) is 4.79 Å². The molecule has 0 radical (unpaired) electrons. The SMILES string of the molecule is COc1cc(OC)cc(C(=O)CCCCCC(=O)O)c1. The number of carbonyl (C=O) groups excluding carboxylic acids is 1. The zero-order valence-electron chi connectivity index (χ0n) is 11.8. The summed E-state index contributed by atoms with van der Waals surface area (Å²) in [6.07, 6.45) is 2.58. The van der Waals surface area contributed by atoms with Gasteiger partial charge in [0.05, 0.1) is 14.2 Å². The monoisotopic (exact) mass is 280 g/mol. The number of ketones is 1. The molecule has 20 heavy (non-hydrogen) atoms. The van der Waals surface area contributed by atoms with Gasteiger partial charge in [0.25, 0.3) is 0 Å². The summed E-state index contributed by atoms with van der Waals surface area (Å²) in [5, 5.41) is 8.52. The summed E-state index contributed by atoms with van der Waals surface area (Å²) >= 11 is 0. The van der Waals surface area contributed by atoms with Crippen molar-refractivity contribution in [3.8, 4) is 11.5 Å². The van der Waals surface area contributed by atoms with E-state index in [0.29, 0.717) is 36.3 Å². The van der Waals surface area contributed by atoms with E-state index in [4.69, 9.17) is 14.6 Å². The summed E-state index contributed by atoms with van der Waals surface area (Å²) in [6, 6.07) is 5.08. The van der Waals surface area contributed by atoms with Gasteiger partial charge in [0.1, 0.15) is 11.5 Å². The van der Waals surface area contributed by atoms with Crippen LogP contribution >= 0.6 is 0 Å². The number of hydrogen-bond donors (Lipinski definition) is 1. The topological polar surface area (TPSA) is 72.8 Å². The third-order valence-electron chi connectivity index (χ3n) is 2.97. The molecular weight excluding hydrogens is 260 g/mol. The average molecular weight is 280 g/mol. The molecule has 0 saturated heterocycles. The number of unbranched alkanes of at least 4 members (excludes halogenated alkanes) is 2. The first-order chi connectivity index (χ1) is 9.56. The molecule has 0 amide bonds. The molecule has 110 valence electrons. The van der Waals surface area contributed by atoms with Crippen molar-refractivity contribution in [3.05, 3.63) is 23.8 Å². The fourth-order valence-electron chi connectivity index (χ4n) is 1.85. The van der Waals surface area contributed by atoms with Crippen LogP contribution in [0.3, 0.4) is 0 Å². The Labute approximate surface area is 118 Å². The van der Waals surface area contributed by atoms with Gasteiger partial charge >= 0.3 is 5.97 Å². The van der Waals surface area contributed by atoms with Gasteiger partial charge in [0, 0.05) is 24.5 Å². The molecule has 1 N–H and O–H groups in total. The Bertz CT molecular complexity index is 445. The van der Waals surface area contributed by atoms with Crippen LogP contribution in [0.2, 0.25) is 0 Å². The van der Waals surface area contributed by atoms with Gasteiger partial charge in [-0.25, -0.2) is 0 Å². The van der Waals surface area contributed by atoms with Gasteiger partial charge in [0.15, 0.2) is 5.78 Å². The van der Waals surface area contributed by atoms with Crippen LogP contribution in [0.25, 0.3) is 0 Å². The second-order valence-electron chi connectivity index (χ2n) is 4.48. The maximum Gasteiger partial charge on any atom is 0.303 e. The number of hydrogen-bond acceptors (Lipinski definition) is 4. The molecule has 5 heteroatoms. The first-order valence-corrected chi connectivity index (χ1v) is 6.55. The van der Waals surface area contributed by atoms with E-state index in [9.17, 15) is 9.59 Å². The zero-order chi connectivity index (χ0) is 15.0. The molecule has 0 heterocycles. The average Bonchev–Trinajstić information content (AvgIpc) is 2.45. The molecule has 0 aliphatic carbocycles. The lowest BCUT2D eigenvalue weighted by Crippen LogP contribution is -2.01. The summed E-state index contributed by atoms with van der Waals surface area (Å²) in [4.78, 5) is 22.4. The lowest BCUT2D eigenvalue weighted by Gasteiger charge is -2.07. The summed E-state index contributed by atoms with van der Waals surface area (Å²) in [5.74, 6) is 0.378. The standard InChI is InChI=1S/C15H20O5/c1-19-12-8-11(9-13(10-12)20-2)14(16)6-4-3-5-7-15(17)18/h8-10H,3-7H2,1-2H3,(H,17,18). The summed E-state index contributed by atoms with van der Waals surface area (Å²) in [7, 11) is 3.07. The molecule has 5 nitrogen and oxygen atoms in total. The second-order valence-corrected chi connectivity index (χ2v) is 4.48. The Morgan fingerprint density at radius 1 is 0.950 bits per heavy atom. The van der Waals surface area contributed by atoms with E-state index in [0.717, 1.165) is 6.42 Å². The van der Waals surface area contributed by atoms with Crippen LogP contribution in [0.1, 0.15) is 42.5 Å². The Morgan fingerprint density at radius 2 is 1.50 bits per heavy atom. The van der Waals surface area contributed by atoms with Crippen molar-refractivity contribution in [3.63, 3.8) is 0 Å². The molecule has 0 fully saturated rings. The molecule has 0 spiro atoms. The number of carbonyl (C=O) groups is 2. The molecule has 1 aromatic rings. The number of aliphatic carboxylic acids is 1. The van der Waals surface area contributed by atoms with Gasteiger partial charge in [-0.05, 0) is 25.0 Å². The Kier molecular flexibility index (Phi) is 6.56. The molecule has 0 aromatic heterocycles. The number of methoxy groups -OCH3 is 2. The van der Waals surface area contributed by atoms with E-state index in [1.54, 1.807) is 18.2 Å². The van der Waals surface area contributed by atoms with Gasteiger partial charge in [0.2, 0.25) is 0 Å². The zero-order valence-corrected chi connectivity index (χ0v) is 11.8. The Balaban J connectivity index is 2.52. The maximum atomic E-state index is 12.1. The molecule has 0 atom stereocenters. The minimum atomic E-state index is -0.797. The number of benzene rings is 1. The quantitative estimate of drug-likeness (QED) is 0.556. The summed E-state index contributed by atoms with van der Waals surface area (Å²) < 4.78 is 10.2. The fourth-order valence-corrected chi connectivity index (χ4v) is 1.85. The van der Waals surface area contributed by atoms with E-state index in [1.807, 2.05) is 0 Å². The summed E-state index contributed by atoms with van der Waals surface area (Å²) in [5.41, 5.74) is 0.555. The van der Waals surface area contributed by atoms with Gasteiger partial charge in [-0.1, -0.05) is 6.42 Å². The molecule has 0 bridgehead atoms. The van der Waals surface area contributed by atoms with Crippen LogP contribution in [0, 0.1) is 0 Å². The van der Waals surface area contributed by atoms with Gasteiger partial charge in [-0.2, -0.15) is 0 Å². The number of Topliss-reactive ketones (excluding diaryl/α,β-unsaturated/α-hetero) is 1. The molecule has 0 aliphatic heterocycles. The molecule has 0 unspecified atom stereocenters. The highest BCUT2D eigenvalue weighted by atomic mass is 16.5. The fraction of sp³-hybridized carbons (Fsp3) is 0.467. The lowest BCUT2D eigenvalue weighted by atomic mass is 10.0. The van der Waals surface area contributed by atoms with Crippen molar-refractivity contribution in [1.29, 1.82) is 0 Å². The van der Waals surface area contributed by atoms with E-state index >= 15 is 0 Å². The van der Waals surface area contributed by atoms with Gasteiger partial charge in [-0.3, -0.25) is 9.59 Å². The molecule has 0 saturated carbocycles. The van der Waals surface area contributed by atoms with Crippen LogP contribution in [0.15, 0.2) is 18.2 Å². The van der Waals surface area contributed by atoms with Crippen molar-refractivity contribution in [2.75, 3.05) is 14.2 Å². The number of rotatable bonds is 9. The van der Waals surface area contributed by atoms with Crippen molar-refractivity contribution in [2.24, 2.45) is 0 Å². The Hall–Kier alpha value is -2.04. The van der Waals surface area contributed by atoms with Crippen LogP contribution in [0.4, 0.5) is 0 Å². The highest BCUT2D eigenvalue weighted by molar-refractivity contribution is 5.96.